The molecule has 9 rings (SSSR count). The maximum absolute atomic E-state index is 10.0. The summed E-state index contributed by atoms with van der Waals surface area (Å²) in [5.41, 5.74) is 11.1. The molecular formula is C43H25NOS. The van der Waals surface area contributed by atoms with Gasteiger partial charge in [-0.2, -0.15) is 5.26 Å². The van der Waals surface area contributed by atoms with E-state index in [1.165, 1.54) is 20.2 Å². The van der Waals surface area contributed by atoms with Gasteiger partial charge in [-0.15, -0.1) is 11.3 Å². The summed E-state index contributed by atoms with van der Waals surface area (Å²) in [7, 11) is 0. The van der Waals surface area contributed by atoms with Crippen LogP contribution < -0.4 is 0 Å². The fraction of sp³-hybridized carbons (Fsp3) is 0. The first kappa shape index (κ1) is 26.5. The second-order valence-electron chi connectivity index (χ2n) is 11.5. The number of furan rings is 1. The van der Waals surface area contributed by atoms with Crippen LogP contribution in [0, 0.1) is 11.3 Å². The Balaban J connectivity index is 1.33. The molecule has 0 aliphatic rings. The van der Waals surface area contributed by atoms with Gasteiger partial charge in [0.1, 0.15) is 11.2 Å². The monoisotopic (exact) mass is 603 g/mol. The predicted molar refractivity (Wildman–Crippen MR) is 193 cm³/mol. The van der Waals surface area contributed by atoms with Gasteiger partial charge in [0.2, 0.25) is 0 Å². The summed E-state index contributed by atoms with van der Waals surface area (Å²) >= 11 is 1.83. The number of nitriles is 1. The van der Waals surface area contributed by atoms with Crippen LogP contribution in [0.5, 0.6) is 0 Å². The lowest BCUT2D eigenvalue weighted by Crippen LogP contribution is -1.92. The first-order chi connectivity index (χ1) is 22.8. The van der Waals surface area contributed by atoms with Crippen molar-refractivity contribution >= 4 is 53.4 Å². The highest BCUT2D eigenvalue weighted by Crippen LogP contribution is 2.45. The zero-order valence-electron chi connectivity index (χ0n) is 24.7. The van der Waals surface area contributed by atoms with Crippen LogP contribution >= 0.6 is 11.3 Å². The lowest BCUT2D eigenvalue weighted by molar-refractivity contribution is 0.669. The van der Waals surface area contributed by atoms with Crippen LogP contribution in [0.1, 0.15) is 5.56 Å². The van der Waals surface area contributed by atoms with Crippen molar-refractivity contribution in [1.82, 2.24) is 0 Å². The van der Waals surface area contributed by atoms with E-state index in [4.69, 9.17) is 4.42 Å². The Morgan fingerprint density at radius 3 is 1.93 bits per heavy atom. The molecule has 0 atom stereocenters. The summed E-state index contributed by atoms with van der Waals surface area (Å²) in [5, 5.41) is 14.8. The first-order valence-electron chi connectivity index (χ1n) is 15.3. The normalized spacial score (nSPS) is 11.5. The lowest BCUT2D eigenvalue weighted by atomic mass is 9.86. The van der Waals surface area contributed by atoms with Crippen LogP contribution in [0.4, 0.5) is 0 Å². The molecule has 0 spiro atoms. The maximum Gasteiger partial charge on any atom is 0.136 e. The second kappa shape index (κ2) is 10.6. The SMILES string of the molecule is N#Cc1ccccc1-c1ccccc1-c1cc(-c2cccc3oc4ccccc4c23)ccc1-c1ccc2sc3ccccc3c2c1. The number of benzene rings is 7. The largest absolute Gasteiger partial charge is 0.456 e. The molecule has 0 aliphatic heterocycles. The number of thiophene rings is 1. The molecule has 7 aromatic carbocycles. The topological polar surface area (TPSA) is 36.9 Å². The van der Waals surface area contributed by atoms with E-state index in [9.17, 15) is 5.26 Å². The number of nitrogens with zero attached hydrogens (tertiary/aromatic N) is 1. The number of hydrogen-bond acceptors (Lipinski definition) is 3. The van der Waals surface area contributed by atoms with Crippen LogP contribution in [0.15, 0.2) is 156 Å². The molecule has 0 bridgehead atoms. The molecule has 2 heterocycles. The van der Waals surface area contributed by atoms with Crippen molar-refractivity contribution in [2.45, 2.75) is 0 Å². The van der Waals surface area contributed by atoms with Crippen molar-refractivity contribution in [1.29, 1.82) is 5.26 Å². The highest BCUT2D eigenvalue weighted by molar-refractivity contribution is 7.25. The van der Waals surface area contributed by atoms with Gasteiger partial charge in [0.25, 0.3) is 0 Å². The minimum atomic E-state index is 0.661. The Morgan fingerprint density at radius 2 is 1.07 bits per heavy atom. The van der Waals surface area contributed by atoms with Gasteiger partial charge in [0, 0.05) is 36.5 Å². The molecule has 214 valence electrons. The minimum Gasteiger partial charge on any atom is -0.456 e. The molecule has 2 nitrogen and oxygen atoms in total. The molecule has 0 fully saturated rings. The molecule has 3 heteroatoms. The van der Waals surface area contributed by atoms with E-state index < -0.39 is 0 Å². The fourth-order valence-electron chi connectivity index (χ4n) is 6.86. The molecule has 0 saturated heterocycles. The Bertz CT molecular complexity index is 2670. The van der Waals surface area contributed by atoms with Crippen molar-refractivity contribution in [2.24, 2.45) is 0 Å². The Kier molecular flexibility index (Phi) is 6.09. The Morgan fingerprint density at radius 1 is 0.435 bits per heavy atom. The average molecular weight is 604 g/mol. The van der Waals surface area contributed by atoms with Crippen LogP contribution in [-0.2, 0) is 0 Å². The molecule has 46 heavy (non-hydrogen) atoms. The summed E-state index contributed by atoms with van der Waals surface area (Å²) in [5.74, 6) is 0. The van der Waals surface area contributed by atoms with Gasteiger partial charge in [-0.3, -0.25) is 0 Å². The second-order valence-corrected chi connectivity index (χ2v) is 12.6. The minimum absolute atomic E-state index is 0.661. The van der Waals surface area contributed by atoms with E-state index in [1.807, 2.05) is 53.8 Å². The molecule has 0 saturated carbocycles. The smallest absolute Gasteiger partial charge is 0.136 e. The van der Waals surface area contributed by atoms with Gasteiger partial charge in [-0.25, -0.2) is 0 Å². The maximum atomic E-state index is 10.0. The summed E-state index contributed by atoms with van der Waals surface area (Å²) in [4.78, 5) is 0. The van der Waals surface area contributed by atoms with Crippen LogP contribution in [-0.4, -0.2) is 0 Å². The first-order valence-corrected chi connectivity index (χ1v) is 16.1. The molecule has 0 aliphatic carbocycles. The zero-order chi connectivity index (χ0) is 30.6. The van der Waals surface area contributed by atoms with Gasteiger partial charge < -0.3 is 4.42 Å². The number of hydrogen-bond donors (Lipinski definition) is 0. The van der Waals surface area contributed by atoms with E-state index in [0.29, 0.717) is 5.56 Å². The van der Waals surface area contributed by atoms with Gasteiger partial charge in [0.15, 0.2) is 0 Å². The van der Waals surface area contributed by atoms with Crippen molar-refractivity contribution in [3.63, 3.8) is 0 Å². The lowest BCUT2D eigenvalue weighted by Gasteiger charge is -2.17. The van der Waals surface area contributed by atoms with E-state index in [1.54, 1.807) is 0 Å². The van der Waals surface area contributed by atoms with E-state index in [-0.39, 0.29) is 0 Å². The molecule has 2 aromatic heterocycles. The fourth-order valence-corrected chi connectivity index (χ4v) is 7.95. The average Bonchev–Trinajstić information content (AvgIpc) is 3.69. The molecule has 0 radical (unpaired) electrons. The number of para-hydroxylation sites is 1. The molecular weight excluding hydrogens is 579 g/mol. The molecule has 0 amide bonds. The highest BCUT2D eigenvalue weighted by Gasteiger charge is 2.19. The quantitative estimate of drug-likeness (QED) is 0.201. The summed E-state index contributed by atoms with van der Waals surface area (Å²) in [6.07, 6.45) is 0. The van der Waals surface area contributed by atoms with E-state index in [2.05, 4.69) is 115 Å². The third-order valence-electron chi connectivity index (χ3n) is 8.98. The van der Waals surface area contributed by atoms with Gasteiger partial charge >= 0.3 is 0 Å². The number of fused-ring (bicyclic) bond motifs is 6. The summed E-state index contributed by atoms with van der Waals surface area (Å²) in [6, 6.07) is 55.5. The molecule has 9 aromatic rings. The predicted octanol–water partition coefficient (Wildman–Crippen LogP) is 12.5. The van der Waals surface area contributed by atoms with Gasteiger partial charge in [-0.1, -0.05) is 109 Å². The van der Waals surface area contributed by atoms with Crippen molar-refractivity contribution in [3.8, 4) is 50.6 Å². The van der Waals surface area contributed by atoms with Crippen molar-refractivity contribution < 1.29 is 4.42 Å². The van der Waals surface area contributed by atoms with Gasteiger partial charge in [0.05, 0.1) is 11.6 Å². The summed E-state index contributed by atoms with van der Waals surface area (Å²) < 4.78 is 8.84. The van der Waals surface area contributed by atoms with Crippen LogP contribution in [0.3, 0.4) is 0 Å². The Labute approximate surface area is 270 Å². The highest BCUT2D eigenvalue weighted by atomic mass is 32.1. The van der Waals surface area contributed by atoms with Crippen LogP contribution in [0.25, 0.3) is 86.6 Å². The molecule has 0 N–H and O–H groups in total. The molecule has 0 unspecified atom stereocenters. The summed E-state index contributed by atoms with van der Waals surface area (Å²) in [6.45, 7) is 0. The Hall–Kier alpha value is -5.95. The van der Waals surface area contributed by atoms with E-state index in [0.717, 1.165) is 66.4 Å². The van der Waals surface area contributed by atoms with E-state index >= 15 is 0 Å². The van der Waals surface area contributed by atoms with Gasteiger partial charge in [-0.05, 0) is 81.4 Å². The third-order valence-corrected chi connectivity index (χ3v) is 10.1. The third kappa shape index (κ3) is 4.16. The van der Waals surface area contributed by atoms with Crippen LogP contribution in [0.2, 0.25) is 0 Å². The van der Waals surface area contributed by atoms with Crippen molar-refractivity contribution in [3.05, 3.63) is 157 Å². The number of rotatable bonds is 4. The van der Waals surface area contributed by atoms with Crippen molar-refractivity contribution in [2.75, 3.05) is 0 Å². The zero-order valence-corrected chi connectivity index (χ0v) is 25.5. The standard InChI is InChI=1S/C43H25NOS/c44-26-29-10-1-2-11-30(29)33-12-3-4-13-34(33)37-24-28(32-16-9-18-40-43(32)36-15-5-7-17-39(36)45-40)20-22-31(37)27-21-23-42-38(25-27)35-14-6-8-19-41(35)46-42/h1-25H.